The Labute approximate surface area is 248 Å². The Bertz CT molecular complexity index is 1710. The van der Waals surface area contributed by atoms with Crippen molar-refractivity contribution in [1.29, 1.82) is 5.26 Å². The second-order valence-electron chi connectivity index (χ2n) is 11.1. The number of phenolic OH excluding ortho intramolecular Hbond substituents is 1. The number of aliphatic hydroxyl groups is 1. The summed E-state index contributed by atoms with van der Waals surface area (Å²) in [7, 11) is 2.12. The van der Waals surface area contributed by atoms with Gasteiger partial charge in [0, 0.05) is 32.7 Å². The van der Waals surface area contributed by atoms with E-state index < -0.39 is 11.5 Å². The molecule has 2 aromatic carbocycles. The molecule has 0 aliphatic carbocycles. The standard InChI is InChI=1S/C30H32N8O5/c1-30(2,42)18-38-24-13-19(16-37-11-9-36(3)10-12-37)7-8-21(24)34-29(38)35-27(41)23-15-32-22(14-31)28(33-23)43-26-6-4-5-25(40)20(26)17-39/h4-8,13,15,17,40,42H,9-12,16,18H2,1-3H3,(H,34,35,41). The number of aldehydes is 1. The maximum atomic E-state index is 13.4. The van der Waals surface area contributed by atoms with Gasteiger partial charge in [-0.25, -0.2) is 15.0 Å². The van der Waals surface area contributed by atoms with Crippen LogP contribution in [0.15, 0.2) is 42.6 Å². The lowest BCUT2D eigenvalue weighted by Gasteiger charge is -2.32. The molecule has 1 fully saturated rings. The summed E-state index contributed by atoms with van der Waals surface area (Å²) in [4.78, 5) is 42.3. The number of aromatic hydroxyl groups is 1. The molecule has 0 unspecified atom stereocenters. The van der Waals surface area contributed by atoms with Crippen molar-refractivity contribution in [2.75, 3.05) is 38.5 Å². The maximum absolute atomic E-state index is 13.4. The Morgan fingerprint density at radius 2 is 1.95 bits per heavy atom. The van der Waals surface area contributed by atoms with Gasteiger partial charge in [-0.05, 0) is 50.7 Å². The smallest absolute Gasteiger partial charge is 0.278 e. The van der Waals surface area contributed by atoms with E-state index in [0.29, 0.717) is 11.8 Å². The third kappa shape index (κ3) is 6.78. The molecule has 3 N–H and O–H groups in total. The molecule has 222 valence electrons. The average molecular weight is 585 g/mol. The van der Waals surface area contributed by atoms with Crippen LogP contribution >= 0.6 is 0 Å². The first-order chi connectivity index (χ1) is 20.5. The minimum atomic E-state index is -1.12. The first kappa shape index (κ1) is 29.6. The average Bonchev–Trinajstić information content (AvgIpc) is 3.29. The molecule has 4 aromatic rings. The molecule has 1 aliphatic heterocycles. The number of aromatic nitrogens is 4. The number of nitrogens with one attached hydrogen (secondary N) is 1. The lowest BCUT2D eigenvalue weighted by atomic mass is 10.1. The molecule has 1 aliphatic rings. The molecule has 0 radical (unpaired) electrons. The second kappa shape index (κ2) is 12.1. The van der Waals surface area contributed by atoms with E-state index in [1.165, 1.54) is 18.2 Å². The summed E-state index contributed by atoms with van der Waals surface area (Å²) in [6, 6.07) is 12.0. The van der Waals surface area contributed by atoms with Gasteiger partial charge in [0.05, 0.1) is 34.9 Å². The van der Waals surface area contributed by atoms with E-state index in [9.17, 15) is 25.1 Å². The number of amides is 1. The van der Waals surface area contributed by atoms with Crippen molar-refractivity contribution in [3.8, 4) is 23.4 Å². The topological polar surface area (TPSA) is 170 Å². The number of nitrogens with zero attached hydrogens (tertiary/aromatic N) is 7. The first-order valence-corrected chi connectivity index (χ1v) is 13.7. The van der Waals surface area contributed by atoms with Gasteiger partial charge in [0.15, 0.2) is 12.0 Å². The molecule has 1 saturated heterocycles. The van der Waals surface area contributed by atoms with Gasteiger partial charge < -0.3 is 24.4 Å². The van der Waals surface area contributed by atoms with E-state index in [1.807, 2.05) is 24.3 Å². The Kier molecular flexibility index (Phi) is 8.36. The molecule has 13 nitrogen and oxygen atoms in total. The van der Waals surface area contributed by atoms with E-state index >= 15 is 0 Å². The summed E-state index contributed by atoms with van der Waals surface area (Å²) >= 11 is 0. The summed E-state index contributed by atoms with van der Waals surface area (Å²) in [6.07, 6.45) is 1.53. The number of hydrogen-bond acceptors (Lipinski definition) is 11. The number of benzene rings is 2. The highest BCUT2D eigenvalue weighted by Crippen LogP contribution is 2.30. The number of rotatable bonds is 9. The number of ether oxygens (including phenoxy) is 1. The number of anilines is 1. The van der Waals surface area contributed by atoms with Crippen LogP contribution < -0.4 is 10.1 Å². The van der Waals surface area contributed by atoms with Crippen molar-refractivity contribution >= 4 is 29.2 Å². The molecule has 0 spiro atoms. The zero-order chi connectivity index (χ0) is 30.7. The van der Waals surface area contributed by atoms with Crippen molar-refractivity contribution in [3.05, 3.63) is 65.1 Å². The third-order valence-corrected chi connectivity index (χ3v) is 7.03. The maximum Gasteiger partial charge on any atom is 0.278 e. The fourth-order valence-electron chi connectivity index (χ4n) is 4.81. The highest BCUT2D eigenvalue weighted by molar-refractivity contribution is 6.02. The van der Waals surface area contributed by atoms with Crippen LogP contribution in [0.1, 0.15) is 46.0 Å². The van der Waals surface area contributed by atoms with Gasteiger partial charge >= 0.3 is 0 Å². The van der Waals surface area contributed by atoms with Gasteiger partial charge in [-0.3, -0.25) is 19.8 Å². The van der Waals surface area contributed by atoms with Crippen molar-refractivity contribution in [3.63, 3.8) is 0 Å². The molecule has 5 rings (SSSR count). The van der Waals surface area contributed by atoms with Crippen LogP contribution in [-0.2, 0) is 13.1 Å². The predicted molar refractivity (Wildman–Crippen MR) is 157 cm³/mol. The number of imidazole rings is 1. The molecule has 0 atom stereocenters. The number of likely N-dealkylation sites (N-methyl/N-ethyl adjacent to an activating group) is 1. The summed E-state index contributed by atoms with van der Waals surface area (Å²) in [5, 5.41) is 32.9. The van der Waals surface area contributed by atoms with Gasteiger partial charge in [-0.1, -0.05) is 12.1 Å². The minimum Gasteiger partial charge on any atom is -0.507 e. The number of carbonyl (C=O) groups excluding carboxylic acids is 2. The quantitative estimate of drug-likeness (QED) is 0.247. The van der Waals surface area contributed by atoms with Crippen LogP contribution in [0.5, 0.6) is 17.4 Å². The monoisotopic (exact) mass is 584 g/mol. The summed E-state index contributed by atoms with van der Waals surface area (Å²) in [5.41, 5.74) is 0.820. The predicted octanol–water partition coefficient (Wildman–Crippen LogP) is 2.78. The minimum absolute atomic E-state index is 0.0577. The van der Waals surface area contributed by atoms with Crippen molar-refractivity contribution in [2.45, 2.75) is 32.5 Å². The molecule has 1 amide bonds. The van der Waals surface area contributed by atoms with Gasteiger partial charge in [0.25, 0.3) is 11.8 Å². The molecule has 0 bridgehead atoms. The van der Waals surface area contributed by atoms with E-state index in [1.54, 1.807) is 18.4 Å². The van der Waals surface area contributed by atoms with Crippen LogP contribution in [0, 0.1) is 11.3 Å². The van der Waals surface area contributed by atoms with E-state index in [-0.39, 0.29) is 46.8 Å². The molecule has 43 heavy (non-hydrogen) atoms. The third-order valence-electron chi connectivity index (χ3n) is 7.03. The number of carbonyl (C=O) groups is 2. The Balaban J connectivity index is 1.44. The molecule has 13 heteroatoms. The van der Waals surface area contributed by atoms with Crippen molar-refractivity contribution in [2.24, 2.45) is 0 Å². The van der Waals surface area contributed by atoms with Crippen molar-refractivity contribution in [1.82, 2.24) is 29.3 Å². The van der Waals surface area contributed by atoms with E-state index in [4.69, 9.17) is 4.74 Å². The van der Waals surface area contributed by atoms with Crippen LogP contribution in [0.3, 0.4) is 0 Å². The largest absolute Gasteiger partial charge is 0.507 e. The lowest BCUT2D eigenvalue weighted by molar-refractivity contribution is 0.0630. The Morgan fingerprint density at radius 1 is 1.19 bits per heavy atom. The highest BCUT2D eigenvalue weighted by atomic mass is 16.5. The number of nitriles is 1. The lowest BCUT2D eigenvalue weighted by Crippen LogP contribution is -2.43. The van der Waals surface area contributed by atoms with Crippen LogP contribution in [0.4, 0.5) is 5.95 Å². The van der Waals surface area contributed by atoms with Crippen LogP contribution in [0.2, 0.25) is 0 Å². The van der Waals surface area contributed by atoms with E-state index in [2.05, 4.69) is 37.1 Å². The normalized spacial score (nSPS) is 14.4. The van der Waals surface area contributed by atoms with Gasteiger partial charge in [0.1, 0.15) is 17.6 Å². The fraction of sp³-hybridized carbons (Fsp3) is 0.333. The first-order valence-electron chi connectivity index (χ1n) is 13.7. The zero-order valence-electron chi connectivity index (χ0n) is 24.1. The number of fused-ring (bicyclic) bond motifs is 1. The zero-order valence-corrected chi connectivity index (χ0v) is 24.1. The number of piperazine rings is 1. The molecule has 0 saturated carbocycles. The van der Waals surface area contributed by atoms with Crippen LogP contribution in [-0.4, -0.2) is 90.6 Å². The molecule has 2 aromatic heterocycles. The van der Waals surface area contributed by atoms with Crippen LogP contribution in [0.25, 0.3) is 11.0 Å². The Hall–Kier alpha value is -4.90. The molecular formula is C30H32N8O5. The fourth-order valence-corrected chi connectivity index (χ4v) is 4.81. The Morgan fingerprint density at radius 3 is 2.65 bits per heavy atom. The number of hydrogen-bond donors (Lipinski definition) is 3. The summed E-state index contributed by atoms with van der Waals surface area (Å²) < 4.78 is 7.38. The van der Waals surface area contributed by atoms with Gasteiger partial charge in [-0.15, -0.1) is 0 Å². The van der Waals surface area contributed by atoms with Crippen molar-refractivity contribution < 1.29 is 24.5 Å². The molecule has 3 heterocycles. The summed E-state index contributed by atoms with van der Waals surface area (Å²) in [6.45, 7) is 8.21. The van der Waals surface area contributed by atoms with Gasteiger partial charge in [0.2, 0.25) is 11.6 Å². The SMILES string of the molecule is CN1CCN(Cc2ccc3nc(NC(=O)c4cnc(C#N)c(Oc5cccc(O)c5C=O)n4)n(CC(C)(C)O)c3c2)CC1. The summed E-state index contributed by atoms with van der Waals surface area (Å²) in [5.74, 6) is -1.17. The highest BCUT2D eigenvalue weighted by Gasteiger charge is 2.23. The van der Waals surface area contributed by atoms with E-state index in [0.717, 1.165) is 50.0 Å². The molecular weight excluding hydrogens is 552 g/mol. The second-order valence-corrected chi connectivity index (χ2v) is 11.1. The number of phenols is 1. The van der Waals surface area contributed by atoms with Gasteiger partial charge in [-0.2, -0.15) is 5.26 Å².